The molecule has 26 heavy (non-hydrogen) atoms. The molecule has 3 rings (SSSR count). The van der Waals surface area contributed by atoms with Crippen LogP contribution in [0.25, 0.3) is 11.0 Å². The number of nitrogens with one attached hydrogen (secondary N) is 1. The summed E-state index contributed by atoms with van der Waals surface area (Å²) in [6, 6.07) is 6.08. The molecule has 3 aromatic rings. The predicted molar refractivity (Wildman–Crippen MR) is 96.3 cm³/mol. The molecule has 0 aliphatic heterocycles. The van der Waals surface area contributed by atoms with Crippen molar-refractivity contribution in [3.8, 4) is 0 Å². The van der Waals surface area contributed by atoms with Crippen LogP contribution in [0, 0.1) is 0 Å². The molecule has 138 valence electrons. The summed E-state index contributed by atoms with van der Waals surface area (Å²) in [6.07, 6.45) is 6.05. The maximum absolute atomic E-state index is 12.2. The van der Waals surface area contributed by atoms with Gasteiger partial charge in [0.2, 0.25) is 10.0 Å². The van der Waals surface area contributed by atoms with Crippen molar-refractivity contribution >= 4 is 26.9 Å². The van der Waals surface area contributed by atoms with Crippen LogP contribution < -0.4 is 5.32 Å². The second-order valence-electron chi connectivity index (χ2n) is 6.01. The lowest BCUT2D eigenvalue weighted by Crippen LogP contribution is -2.24. The first-order valence-electron chi connectivity index (χ1n) is 8.08. The second-order valence-corrected chi connectivity index (χ2v) is 8.16. The Morgan fingerprint density at radius 2 is 2.12 bits per heavy atom. The SMILES string of the molecule is CN(C)S(=O)(=O)c1ccc2oc(C(=O)NCCCn3ccnc3)cc2c1. The topological polar surface area (TPSA) is 97.4 Å². The summed E-state index contributed by atoms with van der Waals surface area (Å²) in [7, 11) is -0.595. The molecule has 8 nitrogen and oxygen atoms in total. The van der Waals surface area contributed by atoms with Crippen molar-refractivity contribution in [1.29, 1.82) is 0 Å². The van der Waals surface area contributed by atoms with Crippen LogP contribution in [0.1, 0.15) is 17.0 Å². The molecule has 1 N–H and O–H groups in total. The van der Waals surface area contributed by atoms with Crippen LogP contribution in [0.5, 0.6) is 0 Å². The van der Waals surface area contributed by atoms with Crippen molar-refractivity contribution in [2.45, 2.75) is 17.9 Å². The number of furan rings is 1. The molecule has 0 atom stereocenters. The minimum Gasteiger partial charge on any atom is -0.451 e. The highest BCUT2D eigenvalue weighted by atomic mass is 32.2. The van der Waals surface area contributed by atoms with Crippen LogP contribution in [0.15, 0.2) is 52.3 Å². The molecule has 0 radical (unpaired) electrons. The van der Waals surface area contributed by atoms with Crippen molar-refractivity contribution in [3.05, 3.63) is 48.7 Å². The van der Waals surface area contributed by atoms with E-state index in [9.17, 15) is 13.2 Å². The molecule has 0 saturated carbocycles. The fraction of sp³-hybridized carbons (Fsp3) is 0.294. The number of sulfonamides is 1. The molecule has 1 aromatic carbocycles. The number of aryl methyl sites for hydroxylation is 1. The number of hydrogen-bond donors (Lipinski definition) is 1. The van der Waals surface area contributed by atoms with Crippen LogP contribution in [0.3, 0.4) is 0 Å². The second kappa shape index (κ2) is 7.30. The Kier molecular flexibility index (Phi) is 5.10. The minimum atomic E-state index is -3.53. The van der Waals surface area contributed by atoms with Gasteiger partial charge in [0.05, 0.1) is 11.2 Å². The average molecular weight is 376 g/mol. The minimum absolute atomic E-state index is 0.155. The molecule has 0 fully saturated rings. The highest BCUT2D eigenvalue weighted by molar-refractivity contribution is 7.89. The Morgan fingerprint density at radius 1 is 1.31 bits per heavy atom. The number of carbonyl (C=O) groups is 1. The monoisotopic (exact) mass is 376 g/mol. The molecule has 0 aliphatic rings. The highest BCUT2D eigenvalue weighted by Gasteiger charge is 2.19. The summed E-state index contributed by atoms with van der Waals surface area (Å²) in [6.45, 7) is 1.25. The van der Waals surface area contributed by atoms with Gasteiger partial charge in [0, 0.05) is 45.0 Å². The van der Waals surface area contributed by atoms with Gasteiger partial charge < -0.3 is 14.3 Å². The van der Waals surface area contributed by atoms with E-state index in [0.717, 1.165) is 17.3 Å². The number of fused-ring (bicyclic) bond motifs is 1. The summed E-state index contributed by atoms with van der Waals surface area (Å²) in [5.74, 6) is -0.175. The fourth-order valence-corrected chi connectivity index (χ4v) is 3.41. The van der Waals surface area contributed by atoms with Gasteiger partial charge in [-0.25, -0.2) is 17.7 Å². The molecule has 2 aromatic heterocycles. The normalized spacial score (nSPS) is 12.0. The zero-order valence-corrected chi connectivity index (χ0v) is 15.4. The van der Waals surface area contributed by atoms with Gasteiger partial charge >= 0.3 is 0 Å². The number of nitrogens with zero attached hydrogens (tertiary/aromatic N) is 3. The van der Waals surface area contributed by atoms with E-state index in [1.165, 1.54) is 26.2 Å². The summed E-state index contributed by atoms with van der Waals surface area (Å²) in [5, 5.41) is 3.36. The molecule has 0 saturated heterocycles. The number of benzene rings is 1. The van der Waals surface area contributed by atoms with Crippen LogP contribution >= 0.6 is 0 Å². The third-order valence-electron chi connectivity index (χ3n) is 3.93. The Bertz CT molecular complexity index is 1010. The number of amides is 1. The molecule has 0 unspecified atom stereocenters. The maximum atomic E-state index is 12.2. The van der Waals surface area contributed by atoms with Crippen molar-refractivity contribution in [2.24, 2.45) is 0 Å². The summed E-state index contributed by atoms with van der Waals surface area (Å²) < 4.78 is 33.0. The summed E-state index contributed by atoms with van der Waals surface area (Å²) in [5.41, 5.74) is 0.464. The van der Waals surface area contributed by atoms with Crippen molar-refractivity contribution < 1.29 is 17.6 Å². The van der Waals surface area contributed by atoms with E-state index in [-0.39, 0.29) is 16.6 Å². The predicted octanol–water partition coefficient (Wildman–Crippen LogP) is 1.70. The molecular weight excluding hydrogens is 356 g/mol. The van der Waals surface area contributed by atoms with Crippen molar-refractivity contribution in [1.82, 2.24) is 19.2 Å². The van der Waals surface area contributed by atoms with E-state index in [4.69, 9.17) is 4.42 Å². The molecule has 0 bridgehead atoms. The Hall–Kier alpha value is -2.65. The van der Waals surface area contributed by atoms with Crippen LogP contribution in [0.2, 0.25) is 0 Å². The van der Waals surface area contributed by atoms with Gasteiger partial charge in [0.25, 0.3) is 5.91 Å². The van der Waals surface area contributed by atoms with Gasteiger partial charge in [-0.2, -0.15) is 0 Å². The molecule has 9 heteroatoms. The van der Waals surface area contributed by atoms with E-state index >= 15 is 0 Å². The number of hydrogen-bond acceptors (Lipinski definition) is 5. The Morgan fingerprint density at radius 3 is 2.81 bits per heavy atom. The Balaban J connectivity index is 1.67. The molecule has 0 spiro atoms. The maximum Gasteiger partial charge on any atom is 0.287 e. The standard InChI is InChI=1S/C17H20N4O4S/c1-20(2)26(23,24)14-4-5-15-13(10-14)11-16(25-15)17(22)19-6-3-8-21-9-7-18-12-21/h4-5,7,9-12H,3,6,8H2,1-2H3,(H,19,22). The first-order chi connectivity index (χ1) is 12.4. The van der Waals surface area contributed by atoms with Crippen molar-refractivity contribution in [3.63, 3.8) is 0 Å². The Labute approximate surface area is 151 Å². The van der Waals surface area contributed by atoms with E-state index < -0.39 is 10.0 Å². The molecule has 1 amide bonds. The number of carbonyl (C=O) groups excluding carboxylic acids is 1. The summed E-state index contributed by atoms with van der Waals surface area (Å²) >= 11 is 0. The number of imidazole rings is 1. The first-order valence-corrected chi connectivity index (χ1v) is 9.52. The zero-order chi connectivity index (χ0) is 18.7. The van der Waals surface area contributed by atoms with Gasteiger partial charge in [-0.05, 0) is 30.7 Å². The average Bonchev–Trinajstić information content (AvgIpc) is 3.26. The smallest absolute Gasteiger partial charge is 0.287 e. The summed E-state index contributed by atoms with van der Waals surface area (Å²) in [4.78, 5) is 16.3. The van der Waals surface area contributed by atoms with Gasteiger partial charge in [0.1, 0.15) is 5.58 Å². The zero-order valence-electron chi connectivity index (χ0n) is 14.5. The lowest BCUT2D eigenvalue weighted by Gasteiger charge is -2.10. The van der Waals surface area contributed by atoms with Gasteiger partial charge in [-0.3, -0.25) is 4.79 Å². The highest BCUT2D eigenvalue weighted by Crippen LogP contribution is 2.24. The lowest BCUT2D eigenvalue weighted by atomic mass is 10.2. The number of aromatic nitrogens is 2. The molecule has 2 heterocycles. The quantitative estimate of drug-likeness (QED) is 0.633. The van der Waals surface area contributed by atoms with E-state index in [2.05, 4.69) is 10.3 Å². The van der Waals surface area contributed by atoms with Gasteiger partial charge in [-0.15, -0.1) is 0 Å². The van der Waals surface area contributed by atoms with Gasteiger partial charge in [0.15, 0.2) is 5.76 Å². The molecule has 0 aliphatic carbocycles. The third kappa shape index (κ3) is 3.78. The van der Waals surface area contributed by atoms with E-state index in [1.54, 1.807) is 24.7 Å². The van der Waals surface area contributed by atoms with E-state index in [0.29, 0.717) is 17.5 Å². The fourth-order valence-electron chi connectivity index (χ4n) is 2.47. The first kappa shape index (κ1) is 18.2. The largest absolute Gasteiger partial charge is 0.451 e. The van der Waals surface area contributed by atoms with Crippen LogP contribution in [0.4, 0.5) is 0 Å². The van der Waals surface area contributed by atoms with Gasteiger partial charge in [-0.1, -0.05) is 0 Å². The molecular formula is C17H20N4O4S. The van der Waals surface area contributed by atoms with Crippen LogP contribution in [-0.2, 0) is 16.6 Å². The third-order valence-corrected chi connectivity index (χ3v) is 5.74. The van der Waals surface area contributed by atoms with Crippen molar-refractivity contribution in [2.75, 3.05) is 20.6 Å². The van der Waals surface area contributed by atoms with Crippen LogP contribution in [-0.4, -0.2) is 48.8 Å². The number of rotatable bonds is 7. The lowest BCUT2D eigenvalue weighted by molar-refractivity contribution is 0.0927. The van der Waals surface area contributed by atoms with E-state index in [1.807, 2.05) is 10.8 Å².